The van der Waals surface area contributed by atoms with Crippen molar-refractivity contribution in [2.75, 3.05) is 25.4 Å². The average Bonchev–Trinajstić information content (AvgIpc) is 3.05. The second-order valence-corrected chi connectivity index (χ2v) is 6.91. The van der Waals surface area contributed by atoms with Crippen LogP contribution in [0.25, 0.3) is 0 Å². The molecule has 7 heteroatoms. The number of aromatic nitrogens is 2. The average molecular weight is 345 g/mol. The summed E-state index contributed by atoms with van der Waals surface area (Å²) in [6.07, 6.45) is 5.65. The van der Waals surface area contributed by atoms with Crippen molar-refractivity contribution in [3.8, 4) is 0 Å². The van der Waals surface area contributed by atoms with Crippen molar-refractivity contribution in [2.45, 2.75) is 31.7 Å². The van der Waals surface area contributed by atoms with Crippen LogP contribution in [0, 0.1) is 0 Å². The molecule has 1 aliphatic rings. The molecule has 2 aromatic heterocycles. The molecule has 0 spiro atoms. The molecule has 0 aliphatic carbocycles. The topological polar surface area (TPSA) is 84.1 Å². The van der Waals surface area contributed by atoms with Crippen LogP contribution in [0.4, 0.5) is 5.13 Å². The van der Waals surface area contributed by atoms with Gasteiger partial charge in [-0.25, -0.2) is 4.98 Å². The molecule has 3 N–H and O–H groups in total. The molecule has 0 aromatic carbocycles. The fourth-order valence-electron chi connectivity index (χ4n) is 2.95. The SMILES string of the molecule is Nc1nc(CCCNC2CCN(C(=O)c3ccccn3)CC2)cs1. The van der Waals surface area contributed by atoms with Crippen LogP contribution in [0.15, 0.2) is 29.8 Å². The van der Waals surface area contributed by atoms with Crippen LogP contribution in [0.5, 0.6) is 0 Å². The molecule has 3 heterocycles. The first-order valence-corrected chi connectivity index (χ1v) is 9.24. The number of nitrogens with zero attached hydrogens (tertiary/aromatic N) is 3. The number of hydrogen-bond acceptors (Lipinski definition) is 6. The summed E-state index contributed by atoms with van der Waals surface area (Å²) >= 11 is 1.50. The van der Waals surface area contributed by atoms with Crippen molar-refractivity contribution < 1.29 is 4.79 Å². The number of nitrogens with one attached hydrogen (secondary N) is 1. The molecular weight excluding hydrogens is 322 g/mol. The predicted molar refractivity (Wildman–Crippen MR) is 96.0 cm³/mol. The van der Waals surface area contributed by atoms with Crippen molar-refractivity contribution in [2.24, 2.45) is 0 Å². The number of carbonyl (C=O) groups is 1. The summed E-state index contributed by atoms with van der Waals surface area (Å²) in [4.78, 5) is 22.7. The number of amides is 1. The summed E-state index contributed by atoms with van der Waals surface area (Å²) < 4.78 is 0. The van der Waals surface area contributed by atoms with Crippen molar-refractivity contribution in [1.82, 2.24) is 20.2 Å². The van der Waals surface area contributed by atoms with Crippen LogP contribution < -0.4 is 11.1 Å². The van der Waals surface area contributed by atoms with Gasteiger partial charge in [-0.05, 0) is 44.4 Å². The Morgan fingerprint density at radius 1 is 1.38 bits per heavy atom. The number of anilines is 1. The molecule has 128 valence electrons. The molecular formula is C17H23N5OS. The van der Waals surface area contributed by atoms with Gasteiger partial charge in [0.05, 0.1) is 5.69 Å². The molecule has 24 heavy (non-hydrogen) atoms. The zero-order chi connectivity index (χ0) is 16.8. The molecule has 1 aliphatic heterocycles. The number of nitrogens with two attached hydrogens (primary N) is 1. The third-order valence-corrected chi connectivity index (χ3v) is 5.00. The van der Waals surface area contributed by atoms with E-state index in [4.69, 9.17) is 5.73 Å². The maximum absolute atomic E-state index is 12.4. The van der Waals surface area contributed by atoms with Crippen LogP contribution in [-0.4, -0.2) is 46.5 Å². The highest BCUT2D eigenvalue weighted by Crippen LogP contribution is 2.14. The summed E-state index contributed by atoms with van der Waals surface area (Å²) in [7, 11) is 0. The number of pyridine rings is 1. The van der Waals surface area contributed by atoms with Gasteiger partial charge in [-0.15, -0.1) is 11.3 Å². The van der Waals surface area contributed by atoms with Crippen molar-refractivity contribution in [3.63, 3.8) is 0 Å². The second kappa shape index (κ2) is 8.21. The fraction of sp³-hybridized carbons (Fsp3) is 0.471. The maximum atomic E-state index is 12.4. The summed E-state index contributed by atoms with van der Waals surface area (Å²) in [5.41, 5.74) is 7.25. The molecule has 0 radical (unpaired) electrons. The molecule has 3 rings (SSSR count). The molecule has 0 saturated carbocycles. The van der Waals surface area contributed by atoms with Gasteiger partial charge in [0.2, 0.25) is 0 Å². The van der Waals surface area contributed by atoms with E-state index < -0.39 is 0 Å². The van der Waals surface area contributed by atoms with Crippen molar-refractivity contribution >= 4 is 22.4 Å². The molecule has 0 unspecified atom stereocenters. The van der Waals surface area contributed by atoms with E-state index in [0.717, 1.165) is 51.0 Å². The Morgan fingerprint density at radius 2 is 2.21 bits per heavy atom. The van der Waals surface area contributed by atoms with Crippen LogP contribution in [-0.2, 0) is 6.42 Å². The lowest BCUT2D eigenvalue weighted by Gasteiger charge is -2.32. The first kappa shape index (κ1) is 16.9. The zero-order valence-electron chi connectivity index (χ0n) is 13.6. The first-order valence-electron chi connectivity index (χ1n) is 8.36. The Labute approximate surface area is 146 Å². The number of aryl methyl sites for hydroxylation is 1. The molecule has 0 bridgehead atoms. The lowest BCUT2D eigenvalue weighted by atomic mass is 10.0. The highest BCUT2D eigenvalue weighted by atomic mass is 32.1. The van der Waals surface area contributed by atoms with Gasteiger partial charge in [-0.3, -0.25) is 9.78 Å². The fourth-order valence-corrected chi connectivity index (χ4v) is 3.55. The molecule has 0 atom stereocenters. The lowest BCUT2D eigenvalue weighted by molar-refractivity contribution is 0.0699. The second-order valence-electron chi connectivity index (χ2n) is 6.02. The number of likely N-dealkylation sites (tertiary alicyclic amines) is 1. The standard InChI is InChI=1S/C17H23N5OS/c18-17-21-14(12-24-17)4-3-9-19-13-6-10-22(11-7-13)16(23)15-5-1-2-8-20-15/h1-2,5,8,12-13,19H,3-4,6-7,9-11H2,(H2,18,21). The summed E-state index contributed by atoms with van der Waals surface area (Å²) in [6.45, 7) is 2.54. The quantitative estimate of drug-likeness (QED) is 0.782. The Kier molecular flexibility index (Phi) is 5.77. The van der Waals surface area contributed by atoms with E-state index in [0.29, 0.717) is 16.9 Å². The summed E-state index contributed by atoms with van der Waals surface area (Å²) in [5, 5.41) is 6.26. The highest BCUT2D eigenvalue weighted by Gasteiger charge is 2.23. The van der Waals surface area contributed by atoms with Gasteiger partial charge < -0.3 is 16.0 Å². The van der Waals surface area contributed by atoms with E-state index in [1.165, 1.54) is 11.3 Å². The minimum absolute atomic E-state index is 0.0372. The minimum atomic E-state index is 0.0372. The Morgan fingerprint density at radius 3 is 2.88 bits per heavy atom. The predicted octanol–water partition coefficient (Wildman–Crippen LogP) is 1.95. The number of hydrogen-bond donors (Lipinski definition) is 2. The highest BCUT2D eigenvalue weighted by molar-refractivity contribution is 7.13. The van der Waals surface area contributed by atoms with Crippen molar-refractivity contribution in [3.05, 3.63) is 41.2 Å². The van der Waals surface area contributed by atoms with Gasteiger partial charge in [-0.2, -0.15) is 0 Å². The number of thiazole rings is 1. The minimum Gasteiger partial charge on any atom is -0.375 e. The van der Waals surface area contributed by atoms with Crippen LogP contribution in [0.1, 0.15) is 35.4 Å². The van der Waals surface area contributed by atoms with Gasteiger partial charge in [0.15, 0.2) is 5.13 Å². The van der Waals surface area contributed by atoms with Gasteiger partial charge in [0.25, 0.3) is 5.91 Å². The van der Waals surface area contributed by atoms with Crippen LogP contribution >= 0.6 is 11.3 Å². The lowest BCUT2D eigenvalue weighted by Crippen LogP contribution is -2.45. The largest absolute Gasteiger partial charge is 0.375 e. The molecule has 2 aromatic rings. The van der Waals surface area contributed by atoms with Gasteiger partial charge >= 0.3 is 0 Å². The van der Waals surface area contributed by atoms with Crippen LogP contribution in [0.2, 0.25) is 0 Å². The smallest absolute Gasteiger partial charge is 0.272 e. The first-order chi connectivity index (χ1) is 11.7. The summed E-state index contributed by atoms with van der Waals surface area (Å²) in [5.74, 6) is 0.0372. The Bertz CT molecular complexity index is 652. The molecule has 6 nitrogen and oxygen atoms in total. The van der Waals surface area contributed by atoms with Gasteiger partial charge in [-0.1, -0.05) is 6.07 Å². The monoisotopic (exact) mass is 345 g/mol. The van der Waals surface area contributed by atoms with Gasteiger partial charge in [0.1, 0.15) is 5.69 Å². The normalized spacial score (nSPS) is 15.6. The number of carbonyl (C=O) groups excluding carboxylic acids is 1. The number of rotatable bonds is 6. The molecule has 1 fully saturated rings. The van der Waals surface area contributed by atoms with E-state index in [2.05, 4.69) is 15.3 Å². The molecule has 1 amide bonds. The third-order valence-electron chi connectivity index (χ3n) is 4.28. The van der Waals surface area contributed by atoms with E-state index >= 15 is 0 Å². The van der Waals surface area contributed by atoms with E-state index in [9.17, 15) is 4.79 Å². The van der Waals surface area contributed by atoms with Crippen molar-refractivity contribution in [1.29, 1.82) is 0 Å². The zero-order valence-corrected chi connectivity index (χ0v) is 14.5. The third kappa shape index (κ3) is 4.52. The van der Waals surface area contributed by atoms with Crippen LogP contribution in [0.3, 0.4) is 0 Å². The van der Waals surface area contributed by atoms with E-state index in [-0.39, 0.29) is 5.91 Å². The van der Waals surface area contributed by atoms with E-state index in [1.54, 1.807) is 12.3 Å². The maximum Gasteiger partial charge on any atom is 0.272 e. The summed E-state index contributed by atoms with van der Waals surface area (Å²) in [6, 6.07) is 5.94. The number of piperidine rings is 1. The Hall–Kier alpha value is -1.99. The Balaban J connectivity index is 1.35. The number of nitrogen functional groups attached to an aromatic ring is 1. The van der Waals surface area contributed by atoms with E-state index in [1.807, 2.05) is 22.4 Å². The molecule has 1 saturated heterocycles. The van der Waals surface area contributed by atoms with Gasteiger partial charge in [0, 0.05) is 30.7 Å².